The summed E-state index contributed by atoms with van der Waals surface area (Å²) in [5.41, 5.74) is 1.14. The molecule has 0 aliphatic heterocycles. The molecule has 0 radical (unpaired) electrons. The molecule has 0 atom stereocenters. The van der Waals surface area contributed by atoms with Gasteiger partial charge in [-0.25, -0.2) is 0 Å². The first-order valence-corrected chi connectivity index (χ1v) is 5.71. The topological polar surface area (TPSA) is 18.5 Å². The number of terminal acetylenes is 1. The highest BCUT2D eigenvalue weighted by Gasteiger charge is 1.97. The zero-order chi connectivity index (χ0) is 12.6. The molecule has 0 N–H and O–H groups in total. The molecule has 2 rings (SSSR count). The molecular weight excluding hydrogens is 224 g/mol. The summed E-state index contributed by atoms with van der Waals surface area (Å²) in [6, 6.07) is 17.5. The smallest absolute Gasteiger partial charge is 0.148 e. The van der Waals surface area contributed by atoms with E-state index in [1.165, 1.54) is 0 Å². The van der Waals surface area contributed by atoms with Gasteiger partial charge >= 0.3 is 0 Å². The second kappa shape index (κ2) is 6.36. The zero-order valence-corrected chi connectivity index (χ0v) is 10.0. The van der Waals surface area contributed by atoms with E-state index in [-0.39, 0.29) is 6.61 Å². The summed E-state index contributed by atoms with van der Waals surface area (Å²) < 4.78 is 10.9. The van der Waals surface area contributed by atoms with E-state index in [9.17, 15) is 0 Å². The first-order valence-electron chi connectivity index (χ1n) is 5.71. The van der Waals surface area contributed by atoms with Crippen LogP contribution >= 0.6 is 0 Å². The Hall–Kier alpha value is -2.40. The summed E-state index contributed by atoms with van der Waals surface area (Å²) in [7, 11) is 0. The van der Waals surface area contributed by atoms with Crippen LogP contribution in [0.5, 0.6) is 11.5 Å². The maximum atomic E-state index is 5.66. The standard InChI is InChI=1S/C16H14O2/c1-2-12-17-15-8-10-16(11-9-15)18-13-14-6-4-3-5-7-14/h1,3-11H,12-13H2. The Labute approximate surface area is 107 Å². The van der Waals surface area contributed by atoms with Crippen molar-refractivity contribution in [3.05, 3.63) is 60.2 Å². The number of hydrogen-bond acceptors (Lipinski definition) is 2. The van der Waals surface area contributed by atoms with Crippen molar-refractivity contribution in [2.45, 2.75) is 6.61 Å². The van der Waals surface area contributed by atoms with Gasteiger partial charge in [-0.05, 0) is 29.8 Å². The van der Waals surface area contributed by atoms with E-state index in [2.05, 4.69) is 5.92 Å². The Kier molecular flexibility index (Phi) is 4.27. The fraction of sp³-hybridized carbons (Fsp3) is 0.125. The van der Waals surface area contributed by atoms with Gasteiger partial charge in [-0.2, -0.15) is 0 Å². The molecule has 2 heteroatoms. The predicted octanol–water partition coefficient (Wildman–Crippen LogP) is 3.28. The van der Waals surface area contributed by atoms with Crippen molar-refractivity contribution >= 4 is 0 Å². The molecule has 2 nitrogen and oxygen atoms in total. The minimum atomic E-state index is 0.282. The van der Waals surface area contributed by atoms with Crippen LogP contribution in [0.4, 0.5) is 0 Å². The van der Waals surface area contributed by atoms with Gasteiger partial charge in [0.25, 0.3) is 0 Å². The van der Waals surface area contributed by atoms with E-state index in [0.29, 0.717) is 6.61 Å². The van der Waals surface area contributed by atoms with Crippen LogP contribution in [-0.2, 0) is 6.61 Å². The van der Waals surface area contributed by atoms with Crippen LogP contribution in [0.15, 0.2) is 54.6 Å². The lowest BCUT2D eigenvalue weighted by atomic mass is 10.2. The van der Waals surface area contributed by atoms with Crippen LogP contribution in [0.25, 0.3) is 0 Å². The van der Waals surface area contributed by atoms with Crippen LogP contribution in [0.3, 0.4) is 0 Å². The quantitative estimate of drug-likeness (QED) is 0.744. The molecule has 90 valence electrons. The van der Waals surface area contributed by atoms with Gasteiger partial charge in [0.15, 0.2) is 0 Å². The molecule has 0 unspecified atom stereocenters. The lowest BCUT2D eigenvalue weighted by molar-refractivity contribution is 0.305. The molecular formula is C16H14O2. The summed E-state index contributed by atoms with van der Waals surface area (Å²) in [6.45, 7) is 0.843. The van der Waals surface area contributed by atoms with Gasteiger partial charge in [0.2, 0.25) is 0 Å². The van der Waals surface area contributed by atoms with Gasteiger partial charge in [0.05, 0.1) is 0 Å². The fourth-order valence-corrected chi connectivity index (χ4v) is 1.50. The average molecular weight is 238 g/mol. The van der Waals surface area contributed by atoms with Crippen LogP contribution in [0.1, 0.15) is 5.56 Å². The van der Waals surface area contributed by atoms with E-state index < -0.39 is 0 Å². The largest absolute Gasteiger partial charge is 0.489 e. The second-order valence-electron chi connectivity index (χ2n) is 3.74. The van der Waals surface area contributed by atoms with E-state index in [1.807, 2.05) is 54.6 Å². The monoisotopic (exact) mass is 238 g/mol. The molecule has 0 saturated carbocycles. The highest BCUT2D eigenvalue weighted by molar-refractivity contribution is 5.31. The van der Waals surface area contributed by atoms with Crippen LogP contribution in [0, 0.1) is 12.3 Å². The molecule has 0 heterocycles. The Balaban J connectivity index is 1.89. The van der Waals surface area contributed by atoms with E-state index >= 15 is 0 Å². The number of ether oxygens (including phenoxy) is 2. The maximum absolute atomic E-state index is 5.66. The third kappa shape index (κ3) is 3.57. The lowest BCUT2D eigenvalue weighted by Gasteiger charge is -2.07. The normalized spacial score (nSPS) is 9.50. The van der Waals surface area contributed by atoms with Gasteiger partial charge < -0.3 is 9.47 Å². The number of hydrogen-bond donors (Lipinski definition) is 0. The first-order chi connectivity index (χ1) is 8.88. The van der Waals surface area contributed by atoms with Crippen LogP contribution < -0.4 is 9.47 Å². The molecule has 0 aromatic heterocycles. The third-order valence-electron chi connectivity index (χ3n) is 2.39. The molecule has 0 spiro atoms. The Morgan fingerprint density at radius 2 is 1.44 bits per heavy atom. The molecule has 0 saturated heterocycles. The van der Waals surface area contributed by atoms with E-state index in [4.69, 9.17) is 15.9 Å². The van der Waals surface area contributed by atoms with Gasteiger partial charge in [-0.15, -0.1) is 6.42 Å². The van der Waals surface area contributed by atoms with Gasteiger partial charge in [-0.3, -0.25) is 0 Å². The number of benzene rings is 2. The minimum Gasteiger partial charge on any atom is -0.489 e. The molecule has 0 bridgehead atoms. The van der Waals surface area contributed by atoms with Crippen LogP contribution in [-0.4, -0.2) is 6.61 Å². The van der Waals surface area contributed by atoms with Crippen LogP contribution in [0.2, 0.25) is 0 Å². The summed E-state index contributed by atoms with van der Waals surface area (Å²) in [5, 5.41) is 0. The highest BCUT2D eigenvalue weighted by atomic mass is 16.5. The van der Waals surface area contributed by atoms with Gasteiger partial charge in [0.1, 0.15) is 24.7 Å². The van der Waals surface area contributed by atoms with Crippen molar-refractivity contribution in [1.29, 1.82) is 0 Å². The summed E-state index contributed by atoms with van der Waals surface area (Å²) in [5.74, 6) is 3.99. The molecule has 0 amide bonds. The molecule has 0 fully saturated rings. The second-order valence-corrected chi connectivity index (χ2v) is 3.74. The van der Waals surface area contributed by atoms with Crippen molar-refractivity contribution in [1.82, 2.24) is 0 Å². The molecule has 0 aliphatic rings. The first kappa shape index (κ1) is 12.1. The molecule has 2 aromatic carbocycles. The SMILES string of the molecule is C#CCOc1ccc(OCc2ccccc2)cc1. The van der Waals surface area contributed by atoms with Crippen molar-refractivity contribution in [3.8, 4) is 23.8 Å². The summed E-state index contributed by atoms with van der Waals surface area (Å²) in [4.78, 5) is 0. The number of rotatable bonds is 5. The maximum Gasteiger partial charge on any atom is 0.148 e. The minimum absolute atomic E-state index is 0.282. The Morgan fingerprint density at radius 1 is 0.833 bits per heavy atom. The summed E-state index contributed by atoms with van der Waals surface area (Å²) >= 11 is 0. The fourth-order valence-electron chi connectivity index (χ4n) is 1.50. The third-order valence-corrected chi connectivity index (χ3v) is 2.39. The zero-order valence-electron chi connectivity index (χ0n) is 10.0. The van der Waals surface area contributed by atoms with Crippen molar-refractivity contribution < 1.29 is 9.47 Å². The summed E-state index contributed by atoms with van der Waals surface area (Å²) in [6.07, 6.45) is 5.12. The predicted molar refractivity (Wildman–Crippen MR) is 71.5 cm³/mol. The van der Waals surface area contributed by atoms with Gasteiger partial charge in [-0.1, -0.05) is 36.3 Å². The van der Waals surface area contributed by atoms with Crippen molar-refractivity contribution in [2.75, 3.05) is 6.61 Å². The van der Waals surface area contributed by atoms with E-state index in [0.717, 1.165) is 17.1 Å². The van der Waals surface area contributed by atoms with E-state index in [1.54, 1.807) is 0 Å². The van der Waals surface area contributed by atoms with Gasteiger partial charge in [0, 0.05) is 0 Å². The molecule has 0 aliphatic carbocycles. The highest BCUT2D eigenvalue weighted by Crippen LogP contribution is 2.18. The van der Waals surface area contributed by atoms with Crippen molar-refractivity contribution in [3.63, 3.8) is 0 Å². The molecule has 2 aromatic rings. The van der Waals surface area contributed by atoms with Crippen molar-refractivity contribution in [2.24, 2.45) is 0 Å². The average Bonchev–Trinajstić information content (AvgIpc) is 2.45. The molecule has 18 heavy (non-hydrogen) atoms. The Bertz CT molecular complexity index is 509. The Morgan fingerprint density at radius 3 is 2.06 bits per heavy atom. The lowest BCUT2D eigenvalue weighted by Crippen LogP contribution is -1.96.